The Kier molecular flexibility index (Phi) is 2.52. The molecule has 0 spiro atoms. The lowest BCUT2D eigenvalue weighted by Crippen LogP contribution is -1.98. The molecule has 1 heterocycles. The molecule has 0 aliphatic carbocycles. The van der Waals surface area contributed by atoms with Crippen LogP contribution in [0.1, 0.15) is 11.1 Å². The fourth-order valence-corrected chi connectivity index (χ4v) is 2.17. The summed E-state index contributed by atoms with van der Waals surface area (Å²) in [6.45, 7) is 4.07. The van der Waals surface area contributed by atoms with Crippen LogP contribution >= 0.6 is 0 Å². The minimum atomic E-state index is -0.350. The number of benzene rings is 2. The molecule has 3 rings (SSSR count). The van der Waals surface area contributed by atoms with Crippen LogP contribution in [0, 0.1) is 19.7 Å². The van der Waals surface area contributed by atoms with E-state index in [2.05, 4.69) is 4.98 Å². The van der Waals surface area contributed by atoms with Crippen molar-refractivity contribution in [2.45, 2.75) is 13.8 Å². The summed E-state index contributed by atoms with van der Waals surface area (Å²) in [5.74, 6) is -0.350. The molecule has 2 N–H and O–H groups in total. The molecular weight excluding hydrogens is 241 g/mol. The van der Waals surface area contributed by atoms with Crippen molar-refractivity contribution in [1.82, 2.24) is 9.55 Å². The Labute approximate surface area is 110 Å². The van der Waals surface area contributed by atoms with Crippen molar-refractivity contribution in [3.8, 4) is 5.69 Å². The Morgan fingerprint density at radius 3 is 2.58 bits per heavy atom. The Balaban J connectivity index is 2.28. The van der Waals surface area contributed by atoms with Gasteiger partial charge in [0.25, 0.3) is 0 Å². The van der Waals surface area contributed by atoms with Gasteiger partial charge in [-0.05, 0) is 55.3 Å². The van der Waals surface area contributed by atoms with E-state index >= 15 is 0 Å². The molecule has 0 aliphatic rings. The summed E-state index contributed by atoms with van der Waals surface area (Å²) in [6, 6.07) is 8.71. The zero-order valence-electron chi connectivity index (χ0n) is 10.8. The fourth-order valence-electron chi connectivity index (χ4n) is 2.17. The highest BCUT2D eigenvalue weighted by molar-refractivity contribution is 5.79. The van der Waals surface area contributed by atoms with Gasteiger partial charge in [0.15, 0.2) is 0 Å². The van der Waals surface area contributed by atoms with E-state index in [0.29, 0.717) is 11.4 Å². The van der Waals surface area contributed by atoms with Crippen molar-refractivity contribution in [3.05, 3.63) is 53.6 Å². The van der Waals surface area contributed by atoms with Gasteiger partial charge in [-0.1, -0.05) is 0 Å². The third kappa shape index (κ3) is 1.85. The average Bonchev–Trinajstić information content (AvgIpc) is 2.73. The van der Waals surface area contributed by atoms with Gasteiger partial charge in [-0.2, -0.15) is 0 Å². The number of aromatic nitrogens is 2. The molecular formula is C15H14FN3. The van der Waals surface area contributed by atoms with Crippen molar-refractivity contribution in [3.63, 3.8) is 0 Å². The highest BCUT2D eigenvalue weighted by Gasteiger charge is 2.10. The summed E-state index contributed by atoms with van der Waals surface area (Å²) in [5, 5.41) is 0. The zero-order chi connectivity index (χ0) is 13.6. The molecule has 2 aromatic carbocycles. The third-order valence-corrected chi connectivity index (χ3v) is 3.39. The average molecular weight is 255 g/mol. The highest BCUT2D eigenvalue weighted by Crippen LogP contribution is 2.24. The normalized spacial score (nSPS) is 11.1. The lowest BCUT2D eigenvalue weighted by atomic mass is 10.1. The second-order valence-electron chi connectivity index (χ2n) is 4.75. The number of imidazole rings is 1. The zero-order valence-corrected chi connectivity index (χ0v) is 10.8. The van der Waals surface area contributed by atoms with Crippen LogP contribution in [-0.4, -0.2) is 9.55 Å². The SMILES string of the molecule is Cc1cc2ncn(-c3ccc(N)cc3F)c2cc1C. The maximum atomic E-state index is 14.0. The predicted molar refractivity (Wildman–Crippen MR) is 74.9 cm³/mol. The summed E-state index contributed by atoms with van der Waals surface area (Å²) in [5.41, 5.74) is 10.5. The summed E-state index contributed by atoms with van der Waals surface area (Å²) in [4.78, 5) is 4.33. The largest absolute Gasteiger partial charge is 0.399 e. The monoisotopic (exact) mass is 255 g/mol. The van der Waals surface area contributed by atoms with Gasteiger partial charge in [0.05, 0.1) is 16.7 Å². The van der Waals surface area contributed by atoms with Gasteiger partial charge >= 0.3 is 0 Å². The molecule has 0 radical (unpaired) electrons. The lowest BCUT2D eigenvalue weighted by Gasteiger charge is -2.07. The van der Waals surface area contributed by atoms with Gasteiger partial charge in [0.1, 0.15) is 12.1 Å². The van der Waals surface area contributed by atoms with Gasteiger partial charge in [0.2, 0.25) is 0 Å². The Bertz CT molecular complexity index is 774. The highest BCUT2D eigenvalue weighted by atomic mass is 19.1. The minimum absolute atomic E-state index is 0.350. The van der Waals surface area contributed by atoms with Gasteiger partial charge in [-0.3, -0.25) is 4.57 Å². The van der Waals surface area contributed by atoms with Crippen molar-refractivity contribution in [1.29, 1.82) is 0 Å². The van der Waals surface area contributed by atoms with E-state index in [1.54, 1.807) is 23.0 Å². The van der Waals surface area contributed by atoms with Crippen LogP contribution in [0.3, 0.4) is 0 Å². The molecule has 0 saturated heterocycles. The first kappa shape index (κ1) is 11.7. The quantitative estimate of drug-likeness (QED) is 0.677. The minimum Gasteiger partial charge on any atom is -0.399 e. The number of nitrogen functional groups attached to an aromatic ring is 1. The van der Waals surface area contributed by atoms with Crippen LogP contribution in [0.15, 0.2) is 36.7 Å². The molecule has 0 bridgehead atoms. The molecule has 0 atom stereocenters. The Morgan fingerprint density at radius 1 is 1.11 bits per heavy atom. The second kappa shape index (κ2) is 4.09. The van der Waals surface area contributed by atoms with Gasteiger partial charge in [0, 0.05) is 5.69 Å². The van der Waals surface area contributed by atoms with Crippen LogP contribution in [0.25, 0.3) is 16.7 Å². The number of rotatable bonds is 1. The third-order valence-electron chi connectivity index (χ3n) is 3.39. The molecule has 1 aromatic heterocycles. The number of hydrogen-bond donors (Lipinski definition) is 1. The number of nitrogens with zero attached hydrogens (tertiary/aromatic N) is 2. The number of halogens is 1. The summed E-state index contributed by atoms with van der Waals surface area (Å²) in [7, 11) is 0. The van der Waals surface area contributed by atoms with E-state index in [-0.39, 0.29) is 5.82 Å². The molecule has 0 saturated carbocycles. The van der Waals surface area contributed by atoms with E-state index < -0.39 is 0 Å². The molecule has 96 valence electrons. The van der Waals surface area contributed by atoms with E-state index in [1.165, 1.54) is 11.6 Å². The molecule has 4 heteroatoms. The predicted octanol–water partition coefficient (Wildman–Crippen LogP) is 3.36. The molecule has 3 aromatic rings. The number of aryl methyl sites for hydroxylation is 2. The summed E-state index contributed by atoms with van der Waals surface area (Å²) in [6.07, 6.45) is 1.64. The van der Waals surface area contributed by atoms with Crippen molar-refractivity contribution >= 4 is 16.7 Å². The maximum Gasteiger partial charge on any atom is 0.149 e. The van der Waals surface area contributed by atoms with Crippen molar-refractivity contribution < 1.29 is 4.39 Å². The second-order valence-corrected chi connectivity index (χ2v) is 4.75. The first-order valence-electron chi connectivity index (χ1n) is 6.06. The standard InChI is InChI=1S/C15H14FN3/c1-9-5-13-15(6-10(9)2)19(8-18-13)14-4-3-11(17)7-12(14)16/h3-8H,17H2,1-2H3. The van der Waals surface area contributed by atoms with Crippen LogP contribution in [-0.2, 0) is 0 Å². The van der Waals surface area contributed by atoms with Crippen molar-refractivity contribution in [2.24, 2.45) is 0 Å². The number of hydrogen-bond acceptors (Lipinski definition) is 2. The van der Waals surface area contributed by atoms with E-state index in [1.807, 2.05) is 26.0 Å². The first-order valence-corrected chi connectivity index (χ1v) is 6.06. The lowest BCUT2D eigenvalue weighted by molar-refractivity contribution is 0.620. The number of nitrogens with two attached hydrogens (primary N) is 1. The van der Waals surface area contributed by atoms with Crippen LogP contribution in [0.4, 0.5) is 10.1 Å². The fraction of sp³-hybridized carbons (Fsp3) is 0.133. The van der Waals surface area contributed by atoms with Crippen LogP contribution in [0.5, 0.6) is 0 Å². The van der Waals surface area contributed by atoms with E-state index in [9.17, 15) is 4.39 Å². The van der Waals surface area contributed by atoms with E-state index in [4.69, 9.17) is 5.73 Å². The van der Waals surface area contributed by atoms with Crippen LogP contribution < -0.4 is 5.73 Å². The van der Waals surface area contributed by atoms with Crippen LogP contribution in [0.2, 0.25) is 0 Å². The molecule has 0 aliphatic heterocycles. The van der Waals surface area contributed by atoms with Gasteiger partial charge < -0.3 is 5.73 Å². The Morgan fingerprint density at radius 2 is 1.84 bits per heavy atom. The smallest absolute Gasteiger partial charge is 0.149 e. The molecule has 0 amide bonds. The maximum absolute atomic E-state index is 14.0. The number of fused-ring (bicyclic) bond motifs is 1. The molecule has 3 nitrogen and oxygen atoms in total. The summed E-state index contributed by atoms with van der Waals surface area (Å²) < 4.78 is 15.7. The van der Waals surface area contributed by atoms with E-state index in [0.717, 1.165) is 16.6 Å². The van der Waals surface area contributed by atoms with Gasteiger partial charge in [-0.15, -0.1) is 0 Å². The van der Waals surface area contributed by atoms with Crippen molar-refractivity contribution in [2.75, 3.05) is 5.73 Å². The molecule has 0 unspecified atom stereocenters. The Hall–Kier alpha value is -2.36. The topological polar surface area (TPSA) is 43.8 Å². The molecule has 19 heavy (non-hydrogen) atoms. The number of anilines is 1. The van der Waals surface area contributed by atoms with Gasteiger partial charge in [-0.25, -0.2) is 9.37 Å². The molecule has 0 fully saturated rings. The summed E-state index contributed by atoms with van der Waals surface area (Å²) >= 11 is 0. The first-order chi connectivity index (χ1) is 9.06.